The number of carbonyl (C=O) groups is 3. The molecule has 4 aromatic rings. The number of rotatable bonds is 16. The average Bonchev–Trinajstić information content (AvgIpc) is 3.68. The molecule has 3 atom stereocenters. The van der Waals surface area contributed by atoms with Crippen molar-refractivity contribution in [1.82, 2.24) is 20.4 Å². The Labute approximate surface area is 298 Å². The highest BCUT2D eigenvalue weighted by Crippen LogP contribution is 2.22. The number of amides is 3. The molecule has 5 rings (SSSR count). The number of nitrogens with zero attached hydrogens (tertiary/aromatic N) is 2. The average molecular weight is 697 g/mol. The summed E-state index contributed by atoms with van der Waals surface area (Å²) >= 11 is 0. The van der Waals surface area contributed by atoms with Crippen LogP contribution in [0.5, 0.6) is 0 Å². The van der Waals surface area contributed by atoms with E-state index >= 15 is 0 Å². The lowest BCUT2D eigenvalue weighted by Gasteiger charge is -2.34. The molecule has 1 heterocycles. The quantitative estimate of drug-likeness (QED) is 0.168. The van der Waals surface area contributed by atoms with Crippen molar-refractivity contribution in [2.24, 2.45) is 0 Å². The second-order valence-electron chi connectivity index (χ2n) is 13.0. The highest BCUT2D eigenvalue weighted by atomic mass is 19.2. The Hall–Kier alpha value is -4.93. The molecule has 0 saturated carbocycles. The van der Waals surface area contributed by atoms with Crippen LogP contribution >= 0.6 is 0 Å². The minimum Gasteiger partial charge on any atom is -0.370 e. The van der Waals surface area contributed by atoms with Crippen LogP contribution in [0.25, 0.3) is 11.1 Å². The first kappa shape index (κ1) is 37.3. The predicted octanol–water partition coefficient (Wildman–Crippen LogP) is 5.20. The summed E-state index contributed by atoms with van der Waals surface area (Å²) in [6, 6.07) is 29.0. The van der Waals surface area contributed by atoms with Gasteiger partial charge in [-0.15, -0.1) is 0 Å². The van der Waals surface area contributed by atoms with Crippen molar-refractivity contribution >= 4 is 17.7 Å². The van der Waals surface area contributed by atoms with E-state index in [0.717, 1.165) is 53.8 Å². The lowest BCUT2D eigenvalue weighted by molar-refractivity contribution is -0.149. The van der Waals surface area contributed by atoms with Gasteiger partial charge in [-0.2, -0.15) is 0 Å². The Morgan fingerprint density at radius 2 is 1.43 bits per heavy atom. The lowest BCUT2D eigenvalue weighted by atomic mass is 9.98. The number of halogens is 2. The first-order chi connectivity index (χ1) is 24.7. The molecule has 1 aliphatic heterocycles. The van der Waals surface area contributed by atoms with Gasteiger partial charge in [-0.1, -0.05) is 91.0 Å². The van der Waals surface area contributed by atoms with Crippen LogP contribution in [0.1, 0.15) is 29.5 Å². The number of carbonyl (C=O) groups excluding carboxylic acids is 3. The van der Waals surface area contributed by atoms with E-state index < -0.39 is 35.5 Å². The van der Waals surface area contributed by atoms with E-state index in [-0.39, 0.29) is 31.4 Å². The smallest absolute Gasteiger partial charge is 0.249 e. The number of ether oxygens (including phenoxy) is 1. The zero-order valence-corrected chi connectivity index (χ0v) is 29.2. The summed E-state index contributed by atoms with van der Waals surface area (Å²) < 4.78 is 33.8. The van der Waals surface area contributed by atoms with Gasteiger partial charge in [0, 0.05) is 39.5 Å². The van der Waals surface area contributed by atoms with Crippen LogP contribution in [-0.2, 0) is 38.4 Å². The molecular formula is C41H46F2N4O4. The molecule has 0 unspecified atom stereocenters. The zero-order valence-electron chi connectivity index (χ0n) is 29.2. The van der Waals surface area contributed by atoms with E-state index in [1.165, 1.54) is 22.9 Å². The standard InChI is InChI=1S/C41H46F2N4O4/c1-46(39(48)28-51-27-34-14-9-22-44-34)38(25-30-15-18-33(19-16-30)32-12-7-4-8-13-32)41(50)47(2)37(26-31-17-20-35(42)36(43)24-31)40(49)45-23-21-29-10-5-3-6-11-29/h3-8,10-13,15-20,24,34,37-38,44H,9,14,21-23,25-28H2,1-2H3,(H,45,49)/t34-,37+,38+/m0/s1. The number of nitrogens with one attached hydrogen (secondary N) is 2. The fourth-order valence-electron chi connectivity index (χ4n) is 6.32. The second-order valence-corrected chi connectivity index (χ2v) is 13.0. The number of hydrogen-bond donors (Lipinski definition) is 2. The third kappa shape index (κ3) is 10.5. The first-order valence-corrected chi connectivity index (χ1v) is 17.4. The summed E-state index contributed by atoms with van der Waals surface area (Å²) in [6.45, 7) is 1.41. The number of benzene rings is 4. The fraction of sp³-hybridized carbons (Fsp3) is 0.341. The Kier molecular flexibility index (Phi) is 13.4. The zero-order chi connectivity index (χ0) is 36.2. The fourth-order valence-corrected chi connectivity index (χ4v) is 6.32. The normalized spacial score (nSPS) is 15.2. The monoisotopic (exact) mass is 696 g/mol. The minimum atomic E-state index is -1.07. The van der Waals surface area contributed by atoms with Gasteiger partial charge in [-0.05, 0) is 65.8 Å². The van der Waals surface area contributed by atoms with Crippen LogP contribution in [0, 0.1) is 11.6 Å². The van der Waals surface area contributed by atoms with Gasteiger partial charge in [0.05, 0.1) is 6.61 Å². The van der Waals surface area contributed by atoms with Gasteiger partial charge < -0.3 is 25.2 Å². The molecule has 10 heteroatoms. The van der Waals surface area contributed by atoms with E-state index in [4.69, 9.17) is 4.74 Å². The van der Waals surface area contributed by atoms with E-state index in [9.17, 15) is 23.2 Å². The minimum absolute atomic E-state index is 0.0652. The molecule has 0 bridgehead atoms. The summed E-state index contributed by atoms with van der Waals surface area (Å²) in [5, 5.41) is 6.27. The molecule has 4 aromatic carbocycles. The molecule has 51 heavy (non-hydrogen) atoms. The summed E-state index contributed by atoms with van der Waals surface area (Å²) in [5.41, 5.74) is 4.26. The van der Waals surface area contributed by atoms with Crippen LogP contribution in [-0.4, -0.2) is 86.0 Å². The molecule has 1 fully saturated rings. The van der Waals surface area contributed by atoms with Crippen molar-refractivity contribution in [2.75, 3.05) is 40.4 Å². The van der Waals surface area contributed by atoms with Crippen LogP contribution in [0.3, 0.4) is 0 Å². The maximum atomic E-state index is 14.5. The largest absolute Gasteiger partial charge is 0.370 e. The molecule has 0 radical (unpaired) electrons. The first-order valence-electron chi connectivity index (χ1n) is 17.4. The Bertz CT molecular complexity index is 1730. The SMILES string of the molecule is CN(C(=O)COC[C@@H]1CCCN1)[C@H](Cc1ccc(-c2ccccc2)cc1)C(=O)N(C)[C@H](Cc1ccc(F)c(F)c1)C(=O)NCCc1ccccc1. The molecule has 0 spiro atoms. The highest BCUT2D eigenvalue weighted by Gasteiger charge is 2.35. The maximum Gasteiger partial charge on any atom is 0.249 e. The molecule has 1 saturated heterocycles. The molecule has 1 aliphatic rings. The Morgan fingerprint density at radius 1 is 0.784 bits per heavy atom. The van der Waals surface area contributed by atoms with Crippen molar-refractivity contribution in [3.05, 3.63) is 131 Å². The van der Waals surface area contributed by atoms with Gasteiger partial charge in [-0.25, -0.2) is 8.78 Å². The Balaban J connectivity index is 1.37. The topological polar surface area (TPSA) is 91.0 Å². The van der Waals surface area contributed by atoms with Crippen LogP contribution in [0.2, 0.25) is 0 Å². The molecule has 268 valence electrons. The molecular weight excluding hydrogens is 650 g/mol. The third-order valence-electron chi connectivity index (χ3n) is 9.43. The van der Waals surface area contributed by atoms with Crippen molar-refractivity contribution in [3.63, 3.8) is 0 Å². The van der Waals surface area contributed by atoms with Crippen molar-refractivity contribution in [1.29, 1.82) is 0 Å². The summed E-state index contributed by atoms with van der Waals surface area (Å²) in [4.78, 5) is 44.5. The molecule has 0 aliphatic carbocycles. The number of likely N-dealkylation sites (N-methyl/N-ethyl adjacent to an activating group) is 2. The van der Waals surface area contributed by atoms with Gasteiger partial charge in [0.15, 0.2) is 11.6 Å². The van der Waals surface area contributed by atoms with Gasteiger partial charge in [0.25, 0.3) is 0 Å². The van der Waals surface area contributed by atoms with Gasteiger partial charge in [-0.3, -0.25) is 14.4 Å². The molecule has 8 nitrogen and oxygen atoms in total. The van der Waals surface area contributed by atoms with Crippen molar-refractivity contribution in [3.8, 4) is 11.1 Å². The van der Waals surface area contributed by atoms with Crippen molar-refractivity contribution in [2.45, 2.75) is 50.2 Å². The Morgan fingerprint density at radius 3 is 2.10 bits per heavy atom. The van der Waals surface area contributed by atoms with Gasteiger partial charge in [0.2, 0.25) is 17.7 Å². The summed E-state index contributed by atoms with van der Waals surface area (Å²) in [5.74, 6) is -3.33. The maximum absolute atomic E-state index is 14.5. The number of hydrogen-bond acceptors (Lipinski definition) is 5. The van der Waals surface area contributed by atoms with Crippen LogP contribution in [0.15, 0.2) is 103 Å². The second kappa shape index (κ2) is 18.3. The van der Waals surface area contributed by atoms with Gasteiger partial charge in [0.1, 0.15) is 18.7 Å². The summed E-state index contributed by atoms with van der Waals surface area (Å²) in [7, 11) is 3.08. The summed E-state index contributed by atoms with van der Waals surface area (Å²) in [6.07, 6.45) is 2.71. The lowest BCUT2D eigenvalue weighted by Crippen LogP contribution is -2.56. The van der Waals surface area contributed by atoms with E-state index in [1.807, 2.05) is 84.9 Å². The van der Waals surface area contributed by atoms with E-state index in [2.05, 4.69) is 10.6 Å². The van der Waals surface area contributed by atoms with Gasteiger partial charge >= 0.3 is 0 Å². The predicted molar refractivity (Wildman–Crippen MR) is 194 cm³/mol. The molecule has 0 aromatic heterocycles. The van der Waals surface area contributed by atoms with Crippen LogP contribution < -0.4 is 10.6 Å². The third-order valence-corrected chi connectivity index (χ3v) is 9.43. The van der Waals surface area contributed by atoms with Crippen LogP contribution in [0.4, 0.5) is 8.78 Å². The molecule has 3 amide bonds. The van der Waals surface area contributed by atoms with Crippen molar-refractivity contribution < 1.29 is 27.9 Å². The van der Waals surface area contributed by atoms with E-state index in [1.54, 1.807) is 7.05 Å². The highest BCUT2D eigenvalue weighted by molar-refractivity contribution is 5.92. The molecule has 2 N–H and O–H groups in total. The van der Waals surface area contributed by atoms with E-state index in [0.29, 0.717) is 25.1 Å².